The van der Waals surface area contributed by atoms with Crippen LogP contribution in [0.1, 0.15) is 16.3 Å². The van der Waals surface area contributed by atoms with Crippen molar-refractivity contribution < 1.29 is 14.6 Å². The molecule has 0 spiro atoms. The van der Waals surface area contributed by atoms with Gasteiger partial charge in [-0.15, -0.1) is 0 Å². The van der Waals surface area contributed by atoms with E-state index in [-0.39, 0.29) is 5.69 Å². The van der Waals surface area contributed by atoms with Crippen LogP contribution in [0.15, 0.2) is 18.2 Å². The van der Waals surface area contributed by atoms with E-state index in [4.69, 9.17) is 10.5 Å². The lowest BCUT2D eigenvalue weighted by atomic mass is 10.3. The van der Waals surface area contributed by atoms with Crippen molar-refractivity contribution in [3.05, 3.63) is 29.7 Å². The van der Waals surface area contributed by atoms with E-state index in [9.17, 15) is 9.90 Å². The molecule has 0 bridgehead atoms. The van der Waals surface area contributed by atoms with Gasteiger partial charge in [-0.1, -0.05) is 6.07 Å². The summed E-state index contributed by atoms with van der Waals surface area (Å²) >= 11 is 0. The number of anilines is 1. The molecule has 7 nitrogen and oxygen atoms in total. The highest BCUT2D eigenvalue weighted by molar-refractivity contribution is 5.94. The van der Waals surface area contributed by atoms with E-state index in [1.807, 2.05) is 0 Å². The molecule has 3 heterocycles. The summed E-state index contributed by atoms with van der Waals surface area (Å²) in [5.41, 5.74) is 6.53. The molecule has 3 rings (SSSR count). The Bertz CT molecular complexity index is 646. The normalized spacial score (nSPS) is 16.6. The van der Waals surface area contributed by atoms with Crippen LogP contribution in [0.25, 0.3) is 5.52 Å². The number of nitrogens with zero attached hydrogens (tertiary/aromatic N) is 3. The molecule has 7 heteroatoms. The number of nitrogen functional groups attached to an aromatic ring is 1. The molecule has 106 valence electrons. The molecule has 0 radical (unpaired) electrons. The standard InChI is InChI=1S/C13H16N4O3/c14-10-3-1-2-9-12(13(18)19)15-11(17(9)10)8-16-4-6-20-7-5-16/h1-3H,4-8,14H2,(H,18,19). The highest BCUT2D eigenvalue weighted by Gasteiger charge is 2.20. The molecule has 0 aromatic carbocycles. The van der Waals surface area contributed by atoms with Crippen molar-refractivity contribution in [1.82, 2.24) is 14.3 Å². The summed E-state index contributed by atoms with van der Waals surface area (Å²) in [5, 5.41) is 9.24. The number of imidazole rings is 1. The molecule has 1 aliphatic rings. The predicted octanol–water partition coefficient (Wildman–Crippen LogP) is 0.447. The van der Waals surface area contributed by atoms with Crippen molar-refractivity contribution in [1.29, 1.82) is 0 Å². The number of pyridine rings is 1. The zero-order valence-corrected chi connectivity index (χ0v) is 11.0. The van der Waals surface area contributed by atoms with E-state index in [1.54, 1.807) is 22.6 Å². The first-order valence-electron chi connectivity index (χ1n) is 6.46. The first-order chi connectivity index (χ1) is 9.66. The van der Waals surface area contributed by atoms with Gasteiger partial charge in [-0.05, 0) is 12.1 Å². The van der Waals surface area contributed by atoms with Crippen LogP contribution in [0.2, 0.25) is 0 Å². The van der Waals surface area contributed by atoms with Crippen LogP contribution < -0.4 is 5.73 Å². The molecular formula is C13H16N4O3. The van der Waals surface area contributed by atoms with Gasteiger partial charge < -0.3 is 15.6 Å². The highest BCUT2D eigenvalue weighted by Crippen LogP contribution is 2.19. The average molecular weight is 276 g/mol. The van der Waals surface area contributed by atoms with Crippen LogP contribution in [0, 0.1) is 0 Å². The minimum atomic E-state index is -1.04. The molecule has 3 N–H and O–H groups in total. The van der Waals surface area contributed by atoms with Gasteiger partial charge in [0.1, 0.15) is 11.6 Å². The van der Waals surface area contributed by atoms with Gasteiger partial charge in [0.2, 0.25) is 0 Å². The Labute approximate surface area is 115 Å². The minimum Gasteiger partial charge on any atom is -0.476 e. The zero-order chi connectivity index (χ0) is 14.1. The quantitative estimate of drug-likeness (QED) is 0.845. The maximum Gasteiger partial charge on any atom is 0.356 e. The monoisotopic (exact) mass is 276 g/mol. The van der Waals surface area contributed by atoms with Crippen LogP contribution in [-0.4, -0.2) is 51.7 Å². The number of aromatic carboxylic acids is 1. The third kappa shape index (κ3) is 2.21. The number of morpholine rings is 1. The lowest BCUT2D eigenvalue weighted by Gasteiger charge is -2.25. The van der Waals surface area contributed by atoms with E-state index in [0.717, 1.165) is 13.1 Å². The number of nitrogens with two attached hydrogens (primary N) is 1. The number of hydrogen-bond donors (Lipinski definition) is 2. The number of fused-ring (bicyclic) bond motifs is 1. The van der Waals surface area contributed by atoms with Crippen molar-refractivity contribution in [2.75, 3.05) is 32.0 Å². The molecule has 2 aromatic rings. The number of rotatable bonds is 3. The van der Waals surface area contributed by atoms with Crippen molar-refractivity contribution in [2.24, 2.45) is 0 Å². The fourth-order valence-electron chi connectivity index (χ4n) is 2.46. The van der Waals surface area contributed by atoms with Gasteiger partial charge in [0.15, 0.2) is 5.69 Å². The molecule has 0 saturated carbocycles. The maximum absolute atomic E-state index is 11.3. The Morgan fingerprint density at radius 3 is 2.85 bits per heavy atom. The van der Waals surface area contributed by atoms with E-state index in [1.165, 1.54) is 0 Å². The molecule has 20 heavy (non-hydrogen) atoms. The summed E-state index contributed by atoms with van der Waals surface area (Å²) in [5.74, 6) is 0.101. The third-order valence-corrected chi connectivity index (χ3v) is 3.43. The summed E-state index contributed by atoms with van der Waals surface area (Å²) in [6.07, 6.45) is 0. The average Bonchev–Trinajstić information content (AvgIpc) is 2.80. The number of carbonyl (C=O) groups is 1. The van der Waals surface area contributed by atoms with E-state index >= 15 is 0 Å². The maximum atomic E-state index is 11.3. The lowest BCUT2D eigenvalue weighted by molar-refractivity contribution is 0.0329. The summed E-state index contributed by atoms with van der Waals surface area (Å²) in [6.45, 7) is 3.55. The number of ether oxygens (including phenoxy) is 1. The van der Waals surface area contributed by atoms with Crippen molar-refractivity contribution in [3.63, 3.8) is 0 Å². The molecule has 0 amide bonds. The van der Waals surface area contributed by atoms with E-state index in [0.29, 0.717) is 36.9 Å². The van der Waals surface area contributed by atoms with Gasteiger partial charge in [-0.3, -0.25) is 9.30 Å². The number of aromatic nitrogens is 2. The Kier molecular flexibility index (Phi) is 3.29. The zero-order valence-electron chi connectivity index (χ0n) is 11.0. The van der Waals surface area contributed by atoms with Crippen LogP contribution in [0.5, 0.6) is 0 Å². The second kappa shape index (κ2) is 5.10. The van der Waals surface area contributed by atoms with Gasteiger partial charge in [-0.25, -0.2) is 9.78 Å². The molecule has 0 unspecified atom stereocenters. The van der Waals surface area contributed by atoms with Gasteiger partial charge in [0.25, 0.3) is 0 Å². The fourth-order valence-corrected chi connectivity index (χ4v) is 2.46. The van der Waals surface area contributed by atoms with Gasteiger partial charge in [-0.2, -0.15) is 0 Å². The first-order valence-corrected chi connectivity index (χ1v) is 6.46. The van der Waals surface area contributed by atoms with Gasteiger partial charge in [0.05, 0.1) is 25.3 Å². The third-order valence-electron chi connectivity index (χ3n) is 3.43. The van der Waals surface area contributed by atoms with Crippen LogP contribution in [-0.2, 0) is 11.3 Å². The molecule has 1 fully saturated rings. The molecule has 2 aromatic heterocycles. The molecule has 0 atom stereocenters. The van der Waals surface area contributed by atoms with Crippen molar-refractivity contribution in [3.8, 4) is 0 Å². The second-order valence-corrected chi connectivity index (χ2v) is 4.74. The minimum absolute atomic E-state index is 0.0422. The van der Waals surface area contributed by atoms with Crippen LogP contribution in [0.4, 0.5) is 5.82 Å². The van der Waals surface area contributed by atoms with Crippen molar-refractivity contribution in [2.45, 2.75) is 6.54 Å². The SMILES string of the molecule is Nc1cccc2c(C(=O)O)nc(CN3CCOCC3)n12. The summed E-state index contributed by atoms with van der Waals surface area (Å²) in [6, 6.07) is 5.19. The predicted molar refractivity (Wildman–Crippen MR) is 72.7 cm³/mol. The topological polar surface area (TPSA) is 93.1 Å². The van der Waals surface area contributed by atoms with Crippen LogP contribution >= 0.6 is 0 Å². The largest absolute Gasteiger partial charge is 0.476 e. The van der Waals surface area contributed by atoms with Gasteiger partial charge >= 0.3 is 5.97 Å². The molecule has 1 aliphatic heterocycles. The Hall–Kier alpha value is -2.12. The Balaban J connectivity index is 2.03. The Morgan fingerprint density at radius 2 is 2.15 bits per heavy atom. The number of carboxylic acids is 1. The number of carboxylic acid groups (broad SMARTS) is 1. The van der Waals surface area contributed by atoms with E-state index in [2.05, 4.69) is 9.88 Å². The lowest BCUT2D eigenvalue weighted by Crippen LogP contribution is -2.36. The summed E-state index contributed by atoms with van der Waals surface area (Å²) in [4.78, 5) is 17.7. The van der Waals surface area contributed by atoms with Crippen LogP contribution in [0.3, 0.4) is 0 Å². The highest BCUT2D eigenvalue weighted by atomic mass is 16.5. The summed E-state index contributed by atoms with van der Waals surface area (Å²) in [7, 11) is 0. The number of hydrogen-bond acceptors (Lipinski definition) is 5. The van der Waals surface area contributed by atoms with E-state index < -0.39 is 5.97 Å². The fraction of sp³-hybridized carbons (Fsp3) is 0.385. The Morgan fingerprint density at radius 1 is 1.40 bits per heavy atom. The van der Waals surface area contributed by atoms with Crippen molar-refractivity contribution >= 4 is 17.3 Å². The first kappa shape index (κ1) is 12.9. The van der Waals surface area contributed by atoms with Gasteiger partial charge in [0, 0.05) is 13.1 Å². The molecule has 0 aliphatic carbocycles. The smallest absolute Gasteiger partial charge is 0.356 e. The second-order valence-electron chi connectivity index (χ2n) is 4.74. The molecule has 1 saturated heterocycles. The summed E-state index contributed by atoms with van der Waals surface area (Å²) < 4.78 is 7.01. The molecular weight excluding hydrogens is 260 g/mol.